The molecule has 0 radical (unpaired) electrons. The van der Waals surface area contributed by atoms with Gasteiger partial charge in [-0.05, 0) is 37.6 Å². The Labute approximate surface area is 176 Å². The summed E-state index contributed by atoms with van der Waals surface area (Å²) in [6, 6.07) is 15.7. The van der Waals surface area contributed by atoms with Gasteiger partial charge in [-0.2, -0.15) is 5.10 Å². The lowest BCUT2D eigenvalue weighted by Crippen LogP contribution is -2.34. The van der Waals surface area contributed by atoms with Crippen LogP contribution in [-0.2, 0) is 4.79 Å². The maximum Gasteiger partial charge on any atom is 0.272 e. The lowest BCUT2D eigenvalue weighted by atomic mass is 10.0. The van der Waals surface area contributed by atoms with Gasteiger partial charge >= 0.3 is 0 Å². The van der Waals surface area contributed by atoms with Gasteiger partial charge in [0.15, 0.2) is 0 Å². The molecule has 1 aromatic heterocycles. The van der Waals surface area contributed by atoms with Gasteiger partial charge in [0.25, 0.3) is 5.56 Å². The molecule has 6 heteroatoms. The average Bonchev–Trinajstić information content (AvgIpc) is 2.78. The summed E-state index contributed by atoms with van der Waals surface area (Å²) in [5.74, 6) is 0.405. The first-order valence-electron chi connectivity index (χ1n) is 10.8. The maximum absolute atomic E-state index is 12.0. The number of carbonyl (C=O) groups is 1. The molecule has 1 aliphatic rings. The van der Waals surface area contributed by atoms with E-state index in [1.807, 2.05) is 36.4 Å². The third kappa shape index (κ3) is 4.94. The summed E-state index contributed by atoms with van der Waals surface area (Å²) < 4.78 is 0. The van der Waals surface area contributed by atoms with Crippen molar-refractivity contribution in [3.63, 3.8) is 0 Å². The fourth-order valence-electron chi connectivity index (χ4n) is 4.01. The van der Waals surface area contributed by atoms with Crippen molar-refractivity contribution in [3.8, 4) is 11.3 Å². The number of likely N-dealkylation sites (tertiary alicyclic amines) is 1. The molecule has 2 N–H and O–H groups in total. The van der Waals surface area contributed by atoms with Crippen LogP contribution in [0.2, 0.25) is 0 Å². The number of H-pyrrole nitrogens is 1. The van der Waals surface area contributed by atoms with E-state index in [4.69, 9.17) is 0 Å². The number of aromatic amines is 1. The number of piperidine rings is 1. The van der Waals surface area contributed by atoms with Gasteiger partial charge in [0, 0.05) is 49.1 Å². The molecule has 1 aliphatic heterocycles. The number of carbonyl (C=O) groups excluding carboxylic acids is 1. The average molecular weight is 405 g/mol. The van der Waals surface area contributed by atoms with E-state index in [0.717, 1.165) is 67.8 Å². The molecule has 2 heterocycles. The van der Waals surface area contributed by atoms with Crippen molar-refractivity contribution in [3.05, 3.63) is 58.9 Å². The Morgan fingerprint density at radius 3 is 2.57 bits per heavy atom. The highest BCUT2D eigenvalue weighted by atomic mass is 16.1. The molecule has 1 saturated heterocycles. The standard InChI is InChI=1S/C24H28N4O2/c29-20-11-15-28(16-12-20)14-5-1-4-13-25-19-8-6-7-18(17-19)23-21-9-2-3-10-22(21)24(30)27-26-23/h2-3,6-10,17,25H,1,4-5,11-16H2,(H,27,30). The van der Waals surface area contributed by atoms with Crippen molar-refractivity contribution < 1.29 is 4.79 Å². The van der Waals surface area contributed by atoms with E-state index in [1.165, 1.54) is 12.8 Å². The van der Waals surface area contributed by atoms with Crippen LogP contribution in [0.15, 0.2) is 53.3 Å². The smallest absolute Gasteiger partial charge is 0.272 e. The van der Waals surface area contributed by atoms with Crippen LogP contribution < -0.4 is 10.9 Å². The molecule has 3 aromatic rings. The monoisotopic (exact) mass is 404 g/mol. The van der Waals surface area contributed by atoms with Crippen LogP contribution in [-0.4, -0.2) is 47.1 Å². The van der Waals surface area contributed by atoms with Gasteiger partial charge in [0.1, 0.15) is 5.78 Å². The van der Waals surface area contributed by atoms with Gasteiger partial charge in [-0.3, -0.25) is 9.59 Å². The van der Waals surface area contributed by atoms with Crippen LogP contribution in [0.3, 0.4) is 0 Å². The summed E-state index contributed by atoms with van der Waals surface area (Å²) in [5.41, 5.74) is 2.65. The van der Waals surface area contributed by atoms with Crippen LogP contribution in [0.5, 0.6) is 0 Å². The Balaban J connectivity index is 1.30. The summed E-state index contributed by atoms with van der Waals surface area (Å²) in [7, 11) is 0. The van der Waals surface area contributed by atoms with Gasteiger partial charge in [-0.1, -0.05) is 36.8 Å². The van der Waals surface area contributed by atoms with Gasteiger partial charge < -0.3 is 10.2 Å². The number of unbranched alkanes of at least 4 members (excludes halogenated alkanes) is 2. The number of hydrogen-bond acceptors (Lipinski definition) is 5. The van der Waals surface area contributed by atoms with E-state index in [-0.39, 0.29) is 5.56 Å². The number of Topliss-reactive ketones (excluding diaryl/α,β-unsaturated/α-hetero) is 1. The second kappa shape index (κ2) is 9.67. The number of nitrogens with zero attached hydrogens (tertiary/aromatic N) is 2. The van der Waals surface area contributed by atoms with Crippen molar-refractivity contribution in [1.29, 1.82) is 0 Å². The van der Waals surface area contributed by atoms with Gasteiger partial charge in [-0.15, -0.1) is 0 Å². The minimum atomic E-state index is -0.167. The highest BCUT2D eigenvalue weighted by molar-refractivity contribution is 5.94. The highest BCUT2D eigenvalue weighted by Gasteiger charge is 2.15. The molecular weight excluding hydrogens is 376 g/mol. The number of rotatable bonds is 8. The Kier molecular flexibility index (Phi) is 6.54. The van der Waals surface area contributed by atoms with Crippen LogP contribution in [0.25, 0.3) is 22.0 Å². The first-order valence-corrected chi connectivity index (χ1v) is 10.8. The van der Waals surface area contributed by atoms with Crippen molar-refractivity contribution >= 4 is 22.2 Å². The normalized spacial score (nSPS) is 14.9. The molecule has 0 unspecified atom stereocenters. The summed E-state index contributed by atoms with van der Waals surface area (Å²) in [6.45, 7) is 3.87. The summed E-state index contributed by atoms with van der Waals surface area (Å²) in [5, 5.41) is 11.9. The van der Waals surface area contributed by atoms with Crippen molar-refractivity contribution in [2.45, 2.75) is 32.1 Å². The quantitative estimate of drug-likeness (QED) is 0.558. The molecule has 156 valence electrons. The number of hydrogen-bond donors (Lipinski definition) is 2. The summed E-state index contributed by atoms with van der Waals surface area (Å²) in [6.07, 6.45) is 4.89. The fraction of sp³-hybridized carbons (Fsp3) is 0.375. The van der Waals surface area contributed by atoms with Crippen LogP contribution in [0.1, 0.15) is 32.1 Å². The zero-order valence-corrected chi connectivity index (χ0v) is 17.2. The molecule has 4 rings (SSSR count). The molecule has 0 aliphatic carbocycles. The van der Waals surface area contributed by atoms with Gasteiger partial charge in [0.05, 0.1) is 11.1 Å². The van der Waals surface area contributed by atoms with E-state index in [2.05, 4.69) is 32.5 Å². The molecule has 0 saturated carbocycles. The molecule has 6 nitrogen and oxygen atoms in total. The maximum atomic E-state index is 12.0. The highest BCUT2D eigenvalue weighted by Crippen LogP contribution is 2.26. The second-order valence-electron chi connectivity index (χ2n) is 7.90. The van der Waals surface area contributed by atoms with E-state index in [1.54, 1.807) is 0 Å². The molecule has 0 atom stereocenters. The lowest BCUT2D eigenvalue weighted by Gasteiger charge is -2.25. The predicted octanol–water partition coefficient (Wildman–Crippen LogP) is 3.84. The Hall–Kier alpha value is -2.99. The minimum absolute atomic E-state index is 0.167. The molecule has 2 aromatic carbocycles. The number of ketones is 1. The van der Waals surface area contributed by atoms with Gasteiger partial charge in [-0.25, -0.2) is 5.10 Å². The van der Waals surface area contributed by atoms with E-state index < -0.39 is 0 Å². The molecule has 0 amide bonds. The second-order valence-corrected chi connectivity index (χ2v) is 7.90. The van der Waals surface area contributed by atoms with Crippen LogP contribution >= 0.6 is 0 Å². The molecule has 1 fully saturated rings. The number of anilines is 1. The number of aromatic nitrogens is 2. The zero-order valence-electron chi connectivity index (χ0n) is 17.2. The predicted molar refractivity (Wildman–Crippen MR) is 121 cm³/mol. The van der Waals surface area contributed by atoms with E-state index in [9.17, 15) is 9.59 Å². The fourth-order valence-corrected chi connectivity index (χ4v) is 4.01. The molecule has 0 spiro atoms. The number of fused-ring (bicyclic) bond motifs is 1. The third-order valence-electron chi connectivity index (χ3n) is 5.73. The molecule has 30 heavy (non-hydrogen) atoms. The first kappa shape index (κ1) is 20.3. The summed E-state index contributed by atoms with van der Waals surface area (Å²) >= 11 is 0. The topological polar surface area (TPSA) is 78.1 Å². The minimum Gasteiger partial charge on any atom is -0.385 e. The third-order valence-corrected chi connectivity index (χ3v) is 5.73. The van der Waals surface area contributed by atoms with Gasteiger partial charge in [0.2, 0.25) is 0 Å². The zero-order chi connectivity index (χ0) is 20.8. The van der Waals surface area contributed by atoms with Crippen molar-refractivity contribution in [2.24, 2.45) is 0 Å². The van der Waals surface area contributed by atoms with E-state index in [0.29, 0.717) is 11.2 Å². The number of nitrogens with one attached hydrogen (secondary N) is 2. The van der Waals surface area contributed by atoms with Crippen LogP contribution in [0.4, 0.5) is 5.69 Å². The van der Waals surface area contributed by atoms with E-state index >= 15 is 0 Å². The molecular formula is C24H28N4O2. The Morgan fingerprint density at radius 2 is 1.73 bits per heavy atom. The largest absolute Gasteiger partial charge is 0.385 e. The Bertz CT molecular complexity index is 1070. The Morgan fingerprint density at radius 1 is 0.933 bits per heavy atom. The van der Waals surface area contributed by atoms with Crippen molar-refractivity contribution in [1.82, 2.24) is 15.1 Å². The SMILES string of the molecule is O=C1CCN(CCCCCNc2cccc(-c3n[nH]c(=O)c4ccccc34)c2)CC1. The van der Waals surface area contributed by atoms with Crippen molar-refractivity contribution in [2.75, 3.05) is 31.5 Å². The lowest BCUT2D eigenvalue weighted by molar-refractivity contribution is -0.121. The summed E-state index contributed by atoms with van der Waals surface area (Å²) in [4.78, 5) is 25.7. The molecule has 0 bridgehead atoms. The first-order chi connectivity index (χ1) is 14.7. The number of benzene rings is 2. The van der Waals surface area contributed by atoms with Crippen LogP contribution in [0, 0.1) is 0 Å².